The molecule has 0 aliphatic carbocycles. The third-order valence-corrected chi connectivity index (χ3v) is 2.44. The van der Waals surface area contributed by atoms with Crippen molar-refractivity contribution in [3.63, 3.8) is 0 Å². The summed E-state index contributed by atoms with van der Waals surface area (Å²) in [6, 6.07) is 0. The number of hydrogen-bond acceptors (Lipinski definition) is 4. The van der Waals surface area contributed by atoms with E-state index in [0.717, 1.165) is 0 Å². The maximum absolute atomic E-state index is 10.7. The van der Waals surface area contributed by atoms with Gasteiger partial charge in [0.1, 0.15) is 0 Å². The summed E-state index contributed by atoms with van der Waals surface area (Å²) in [6.07, 6.45) is 0.891. The molecule has 2 aliphatic heterocycles. The SMILES string of the molecule is O=C1CC(C2COC(=O)C2)CO1. The molecule has 2 unspecified atom stereocenters. The predicted molar refractivity (Wildman–Crippen MR) is 38.1 cm³/mol. The highest BCUT2D eigenvalue weighted by Crippen LogP contribution is 2.29. The average Bonchev–Trinajstić information content (AvgIpc) is 2.58. The Morgan fingerprint density at radius 2 is 1.33 bits per heavy atom. The Morgan fingerprint density at radius 1 is 0.917 bits per heavy atom. The first-order valence-corrected chi connectivity index (χ1v) is 4.07. The van der Waals surface area contributed by atoms with Crippen molar-refractivity contribution in [2.75, 3.05) is 13.2 Å². The van der Waals surface area contributed by atoms with Gasteiger partial charge in [0, 0.05) is 11.8 Å². The van der Waals surface area contributed by atoms with Crippen LogP contribution in [0.4, 0.5) is 0 Å². The summed E-state index contributed by atoms with van der Waals surface area (Å²) in [6.45, 7) is 0.917. The minimum atomic E-state index is -0.153. The summed E-state index contributed by atoms with van der Waals surface area (Å²) in [4.78, 5) is 21.5. The number of carbonyl (C=O) groups excluding carboxylic acids is 2. The number of hydrogen-bond donors (Lipinski definition) is 0. The Hall–Kier alpha value is -1.06. The normalized spacial score (nSPS) is 35.0. The molecule has 66 valence electrons. The molecule has 2 fully saturated rings. The molecule has 2 heterocycles. The van der Waals surface area contributed by atoms with E-state index in [0.29, 0.717) is 26.1 Å². The van der Waals surface area contributed by atoms with Gasteiger partial charge >= 0.3 is 11.9 Å². The molecule has 0 aromatic heterocycles. The van der Waals surface area contributed by atoms with Crippen molar-refractivity contribution in [3.8, 4) is 0 Å². The third kappa shape index (κ3) is 1.29. The van der Waals surface area contributed by atoms with Gasteiger partial charge in [-0.3, -0.25) is 9.59 Å². The number of ether oxygens (including phenoxy) is 2. The Labute approximate surface area is 69.8 Å². The highest BCUT2D eigenvalue weighted by Gasteiger charge is 2.36. The third-order valence-electron chi connectivity index (χ3n) is 2.44. The zero-order chi connectivity index (χ0) is 8.55. The Balaban J connectivity index is 1.93. The van der Waals surface area contributed by atoms with Gasteiger partial charge in [0.25, 0.3) is 0 Å². The van der Waals surface area contributed by atoms with Crippen LogP contribution in [0.2, 0.25) is 0 Å². The van der Waals surface area contributed by atoms with E-state index in [1.807, 2.05) is 0 Å². The molecule has 4 nitrogen and oxygen atoms in total. The van der Waals surface area contributed by atoms with Gasteiger partial charge < -0.3 is 9.47 Å². The van der Waals surface area contributed by atoms with Gasteiger partial charge in [-0.25, -0.2) is 0 Å². The van der Waals surface area contributed by atoms with E-state index in [-0.39, 0.29) is 23.8 Å². The van der Waals surface area contributed by atoms with E-state index in [1.54, 1.807) is 0 Å². The summed E-state index contributed by atoms with van der Waals surface area (Å²) in [5, 5.41) is 0. The van der Waals surface area contributed by atoms with Crippen LogP contribution in [-0.4, -0.2) is 25.2 Å². The number of carbonyl (C=O) groups is 2. The largest absolute Gasteiger partial charge is 0.465 e. The Bertz CT molecular complexity index is 199. The van der Waals surface area contributed by atoms with Crippen molar-refractivity contribution in [1.29, 1.82) is 0 Å². The van der Waals surface area contributed by atoms with Crippen molar-refractivity contribution >= 4 is 11.9 Å². The van der Waals surface area contributed by atoms with Crippen molar-refractivity contribution < 1.29 is 19.1 Å². The molecule has 0 amide bonds. The molecule has 2 atom stereocenters. The van der Waals surface area contributed by atoms with Crippen LogP contribution in [-0.2, 0) is 19.1 Å². The van der Waals surface area contributed by atoms with E-state index in [1.165, 1.54) is 0 Å². The molecule has 0 spiro atoms. The first-order valence-electron chi connectivity index (χ1n) is 4.07. The molecule has 2 rings (SSSR count). The zero-order valence-corrected chi connectivity index (χ0v) is 6.62. The van der Waals surface area contributed by atoms with Gasteiger partial charge in [0.15, 0.2) is 0 Å². The van der Waals surface area contributed by atoms with Gasteiger partial charge in [-0.2, -0.15) is 0 Å². The lowest BCUT2D eigenvalue weighted by molar-refractivity contribution is -0.138. The van der Waals surface area contributed by atoms with Gasteiger partial charge in [0.2, 0.25) is 0 Å². The predicted octanol–water partition coefficient (Wildman–Crippen LogP) is 0.113. The zero-order valence-electron chi connectivity index (χ0n) is 6.62. The molecule has 0 saturated carbocycles. The molecule has 0 aromatic carbocycles. The first kappa shape index (κ1) is 7.58. The number of rotatable bonds is 1. The van der Waals surface area contributed by atoms with Crippen molar-refractivity contribution in [3.05, 3.63) is 0 Å². The van der Waals surface area contributed by atoms with Crippen molar-refractivity contribution in [2.24, 2.45) is 11.8 Å². The van der Waals surface area contributed by atoms with E-state index in [4.69, 9.17) is 9.47 Å². The smallest absolute Gasteiger partial charge is 0.306 e. The van der Waals surface area contributed by atoms with Crippen LogP contribution in [0.15, 0.2) is 0 Å². The van der Waals surface area contributed by atoms with Gasteiger partial charge in [-0.1, -0.05) is 0 Å². The van der Waals surface area contributed by atoms with E-state index < -0.39 is 0 Å². The van der Waals surface area contributed by atoms with E-state index in [2.05, 4.69) is 0 Å². The molecule has 4 heteroatoms. The summed E-state index contributed by atoms with van der Waals surface area (Å²) in [5.41, 5.74) is 0. The lowest BCUT2D eigenvalue weighted by Crippen LogP contribution is -2.14. The minimum Gasteiger partial charge on any atom is -0.465 e. The quantitative estimate of drug-likeness (QED) is 0.524. The molecule has 0 N–H and O–H groups in total. The van der Waals surface area contributed by atoms with Crippen LogP contribution in [0.1, 0.15) is 12.8 Å². The highest BCUT2D eigenvalue weighted by atomic mass is 16.5. The first-order chi connectivity index (χ1) is 5.75. The van der Waals surface area contributed by atoms with Crippen LogP contribution in [0.5, 0.6) is 0 Å². The van der Waals surface area contributed by atoms with Crippen LogP contribution >= 0.6 is 0 Å². The molecule has 0 radical (unpaired) electrons. The molecule has 0 bridgehead atoms. The standard InChI is InChI=1S/C8H10O4/c9-7-1-5(3-11-7)6-2-8(10)12-4-6/h5-6H,1-4H2. The molecule has 2 saturated heterocycles. The van der Waals surface area contributed by atoms with Crippen LogP contribution in [0.25, 0.3) is 0 Å². The van der Waals surface area contributed by atoms with Gasteiger partial charge in [-0.15, -0.1) is 0 Å². The van der Waals surface area contributed by atoms with Crippen molar-refractivity contribution in [2.45, 2.75) is 12.8 Å². The minimum absolute atomic E-state index is 0.153. The number of esters is 2. The summed E-state index contributed by atoms with van der Waals surface area (Å²) in [7, 11) is 0. The molecule has 12 heavy (non-hydrogen) atoms. The number of cyclic esters (lactones) is 2. The second-order valence-electron chi connectivity index (χ2n) is 3.29. The second kappa shape index (κ2) is 2.77. The van der Waals surface area contributed by atoms with Crippen molar-refractivity contribution in [1.82, 2.24) is 0 Å². The van der Waals surface area contributed by atoms with Crippen LogP contribution in [0, 0.1) is 11.8 Å². The summed E-state index contributed by atoms with van der Waals surface area (Å²) in [5.74, 6) is 0.0894. The second-order valence-corrected chi connectivity index (χ2v) is 3.29. The molecule has 0 aromatic rings. The van der Waals surface area contributed by atoms with E-state index in [9.17, 15) is 9.59 Å². The lowest BCUT2D eigenvalue weighted by Gasteiger charge is -2.10. The Kier molecular flexibility index (Phi) is 1.75. The highest BCUT2D eigenvalue weighted by molar-refractivity contribution is 5.73. The lowest BCUT2D eigenvalue weighted by atomic mass is 9.91. The fourth-order valence-corrected chi connectivity index (χ4v) is 1.67. The Morgan fingerprint density at radius 3 is 1.58 bits per heavy atom. The summed E-state index contributed by atoms with van der Waals surface area (Å²) < 4.78 is 9.61. The van der Waals surface area contributed by atoms with Gasteiger partial charge in [-0.05, 0) is 0 Å². The van der Waals surface area contributed by atoms with Crippen LogP contribution in [0.3, 0.4) is 0 Å². The summed E-state index contributed by atoms with van der Waals surface area (Å²) >= 11 is 0. The van der Waals surface area contributed by atoms with Crippen LogP contribution < -0.4 is 0 Å². The van der Waals surface area contributed by atoms with E-state index >= 15 is 0 Å². The maximum Gasteiger partial charge on any atom is 0.306 e. The maximum atomic E-state index is 10.7. The fourth-order valence-electron chi connectivity index (χ4n) is 1.67. The molecule has 2 aliphatic rings. The van der Waals surface area contributed by atoms with Gasteiger partial charge in [0.05, 0.1) is 26.1 Å². The fraction of sp³-hybridized carbons (Fsp3) is 0.750. The monoisotopic (exact) mass is 170 g/mol. The average molecular weight is 170 g/mol. The topological polar surface area (TPSA) is 52.6 Å². The molecular formula is C8H10O4. The molecular weight excluding hydrogens is 160 g/mol.